The first-order valence-corrected chi connectivity index (χ1v) is 11.7. The molecule has 0 aliphatic heterocycles. The van der Waals surface area contributed by atoms with Gasteiger partial charge in [0.1, 0.15) is 34.8 Å². The molecule has 2 unspecified atom stereocenters. The summed E-state index contributed by atoms with van der Waals surface area (Å²) in [6.45, 7) is -0.639. The van der Waals surface area contributed by atoms with Crippen LogP contribution in [0.1, 0.15) is 0 Å². The molecule has 0 aromatic heterocycles. The molecule has 0 aliphatic rings. The Kier molecular flexibility index (Phi) is 12.0. The summed E-state index contributed by atoms with van der Waals surface area (Å²) in [6, 6.07) is 22.1. The molecule has 0 radical (unpaired) electrons. The van der Waals surface area contributed by atoms with Crippen molar-refractivity contribution >= 4 is 15.8 Å². The minimum atomic E-state index is -4.70. The van der Waals surface area contributed by atoms with Crippen LogP contribution < -0.4 is 65.8 Å². The van der Waals surface area contributed by atoms with Crippen LogP contribution in [0.4, 0.5) is 5.69 Å². The van der Waals surface area contributed by atoms with Gasteiger partial charge in [-0.15, -0.1) is 0 Å². The fraction of sp³-hybridized carbons (Fsp3) is 0.250. The Morgan fingerprint density at radius 2 is 1.24 bits per heavy atom. The number of para-hydroxylation sites is 2. The number of ether oxygens (including phenoxy) is 2. The van der Waals surface area contributed by atoms with Gasteiger partial charge in [0.15, 0.2) is 0 Å². The average Bonchev–Trinajstić information content (AvgIpc) is 2.84. The first kappa shape index (κ1) is 28.8. The van der Waals surface area contributed by atoms with Crippen molar-refractivity contribution in [2.75, 3.05) is 31.3 Å². The van der Waals surface area contributed by atoms with Crippen LogP contribution in [0, 0.1) is 0 Å². The summed E-state index contributed by atoms with van der Waals surface area (Å²) in [5, 5.41) is 20.3. The summed E-state index contributed by atoms with van der Waals surface area (Å²) in [7, 11) is -4.70. The first-order valence-electron chi connectivity index (χ1n) is 10.3. The molecule has 3 aromatic rings. The van der Waals surface area contributed by atoms with Crippen LogP contribution in [0.5, 0.6) is 11.5 Å². The van der Waals surface area contributed by atoms with Crippen LogP contribution in [0.2, 0.25) is 0 Å². The van der Waals surface area contributed by atoms with Crippen LogP contribution in [0.15, 0.2) is 89.8 Å². The molecule has 0 amide bonds. The van der Waals surface area contributed by atoms with E-state index in [-0.39, 0.29) is 77.8 Å². The summed E-state index contributed by atoms with van der Waals surface area (Å²) in [5.41, 5.74) is 0.332. The van der Waals surface area contributed by atoms with Crippen LogP contribution in [-0.4, -0.2) is 61.7 Å². The van der Waals surface area contributed by atoms with Crippen molar-refractivity contribution < 1.29 is 84.0 Å². The van der Waals surface area contributed by atoms with Gasteiger partial charge in [0, 0.05) is 5.69 Å². The predicted molar refractivity (Wildman–Crippen MR) is 123 cm³/mol. The predicted octanol–water partition coefficient (Wildman–Crippen LogP) is -0.719. The van der Waals surface area contributed by atoms with Crippen molar-refractivity contribution in [3.8, 4) is 11.5 Å². The van der Waals surface area contributed by atoms with Crippen molar-refractivity contribution in [1.82, 2.24) is 0 Å². The van der Waals surface area contributed by atoms with Crippen molar-refractivity contribution in [2.24, 2.45) is 0 Å². The van der Waals surface area contributed by atoms with Gasteiger partial charge >= 0.3 is 51.4 Å². The van der Waals surface area contributed by atoms with Crippen LogP contribution in [-0.2, 0) is 10.1 Å². The van der Waals surface area contributed by atoms with E-state index >= 15 is 0 Å². The van der Waals surface area contributed by atoms with Gasteiger partial charge in [0.25, 0.3) is 0 Å². The summed E-state index contributed by atoms with van der Waals surface area (Å²) < 4.78 is 46.4. The molecule has 34 heavy (non-hydrogen) atoms. The fourth-order valence-corrected chi connectivity index (χ4v) is 3.89. The Morgan fingerprint density at radius 3 is 1.65 bits per heavy atom. The Bertz CT molecular complexity index is 1050. The molecule has 0 fully saturated rings. The van der Waals surface area contributed by atoms with E-state index in [0.29, 0.717) is 17.2 Å². The zero-order valence-corrected chi connectivity index (χ0v) is 22.8. The standard InChI is InChI=1S/C24H27NO7S.K/c26-15-20(17-31-22-9-3-1-4-10-22)25(19-8-7-13-24(14-19)33(28,29)30)21(16-27)18-32-23-11-5-2-6-12-23;/h1-14,20-21,26-27H,15-18H2,(H,28,29,30);/q;+1/p-1. The zero-order valence-electron chi connectivity index (χ0n) is 18.9. The molecule has 0 saturated heterocycles. The number of aliphatic hydroxyl groups is 2. The molecule has 3 rings (SSSR count). The number of rotatable bonds is 12. The molecule has 0 bridgehead atoms. The quantitative estimate of drug-likeness (QED) is 0.242. The van der Waals surface area contributed by atoms with E-state index in [2.05, 4.69) is 0 Å². The molecule has 0 heterocycles. The van der Waals surface area contributed by atoms with Gasteiger partial charge in [-0.3, -0.25) is 0 Å². The zero-order chi connectivity index (χ0) is 23.7. The fourth-order valence-electron chi connectivity index (χ4n) is 3.38. The minimum absolute atomic E-state index is 0. The summed E-state index contributed by atoms with van der Waals surface area (Å²) >= 11 is 0. The van der Waals surface area contributed by atoms with Crippen molar-refractivity contribution in [2.45, 2.75) is 17.0 Å². The Hall–Kier alpha value is -1.47. The SMILES string of the molecule is O=S(=O)([O-])c1cccc(N(C(CO)COc2ccccc2)C(CO)COc2ccccc2)c1.[K+]. The topological polar surface area (TPSA) is 119 Å². The Balaban J connectivity index is 0.00000408. The molecular formula is C24H26KNO7S. The van der Waals surface area contributed by atoms with Gasteiger partial charge in [-0.05, 0) is 42.5 Å². The molecular weight excluding hydrogens is 485 g/mol. The maximum absolute atomic E-state index is 11.6. The molecule has 8 nitrogen and oxygen atoms in total. The van der Waals surface area contributed by atoms with Gasteiger partial charge in [-0.2, -0.15) is 0 Å². The normalized spacial score (nSPS) is 12.8. The van der Waals surface area contributed by atoms with Gasteiger partial charge in [0.2, 0.25) is 0 Å². The largest absolute Gasteiger partial charge is 1.00 e. The molecule has 0 spiro atoms. The van der Waals surface area contributed by atoms with E-state index in [1.165, 1.54) is 18.2 Å². The third kappa shape index (κ3) is 8.33. The molecule has 3 aromatic carbocycles. The number of benzene rings is 3. The second kappa shape index (κ2) is 14.2. The summed E-state index contributed by atoms with van der Waals surface area (Å²) in [5.74, 6) is 1.18. The van der Waals surface area contributed by atoms with Gasteiger partial charge in [0.05, 0.1) is 30.2 Å². The average molecular weight is 512 g/mol. The number of anilines is 1. The van der Waals surface area contributed by atoms with Crippen molar-refractivity contribution in [3.05, 3.63) is 84.9 Å². The number of hydrogen-bond acceptors (Lipinski definition) is 8. The van der Waals surface area contributed by atoms with Crippen LogP contribution in [0.25, 0.3) is 0 Å². The van der Waals surface area contributed by atoms with E-state index in [1.54, 1.807) is 35.2 Å². The van der Waals surface area contributed by atoms with E-state index in [0.717, 1.165) is 0 Å². The second-order valence-electron chi connectivity index (χ2n) is 7.28. The second-order valence-corrected chi connectivity index (χ2v) is 8.66. The summed E-state index contributed by atoms with van der Waals surface area (Å²) in [6.07, 6.45) is 0. The van der Waals surface area contributed by atoms with Gasteiger partial charge in [-0.25, -0.2) is 8.42 Å². The third-order valence-electron chi connectivity index (χ3n) is 4.98. The maximum Gasteiger partial charge on any atom is 1.00 e. The van der Waals surface area contributed by atoms with Crippen molar-refractivity contribution in [1.29, 1.82) is 0 Å². The first-order chi connectivity index (χ1) is 15.9. The van der Waals surface area contributed by atoms with Crippen LogP contribution in [0.3, 0.4) is 0 Å². The number of aliphatic hydroxyl groups excluding tert-OH is 2. The molecule has 2 N–H and O–H groups in total. The Morgan fingerprint density at radius 1 is 0.765 bits per heavy atom. The molecule has 2 atom stereocenters. The van der Waals surface area contributed by atoms with E-state index < -0.39 is 27.1 Å². The van der Waals surface area contributed by atoms with E-state index in [1.807, 2.05) is 36.4 Å². The van der Waals surface area contributed by atoms with E-state index in [4.69, 9.17) is 9.47 Å². The van der Waals surface area contributed by atoms with E-state index in [9.17, 15) is 23.2 Å². The number of nitrogens with zero attached hydrogens (tertiary/aromatic N) is 1. The van der Waals surface area contributed by atoms with Gasteiger partial charge in [-0.1, -0.05) is 42.5 Å². The Labute approximate surface area is 242 Å². The molecule has 0 saturated carbocycles. The third-order valence-corrected chi connectivity index (χ3v) is 5.82. The molecule has 0 aliphatic carbocycles. The molecule has 176 valence electrons. The number of hydrogen-bond donors (Lipinski definition) is 2. The van der Waals surface area contributed by atoms with Gasteiger partial charge < -0.3 is 29.1 Å². The monoisotopic (exact) mass is 511 g/mol. The molecule has 10 heteroatoms. The van der Waals surface area contributed by atoms with Crippen LogP contribution >= 0.6 is 0 Å². The minimum Gasteiger partial charge on any atom is -0.744 e. The smallest absolute Gasteiger partial charge is 0.744 e. The van der Waals surface area contributed by atoms with Crippen molar-refractivity contribution in [3.63, 3.8) is 0 Å². The summed E-state index contributed by atoms with van der Waals surface area (Å²) in [4.78, 5) is 1.21. The maximum atomic E-state index is 11.6.